The van der Waals surface area contributed by atoms with Crippen molar-refractivity contribution >= 4 is 16.7 Å². The van der Waals surface area contributed by atoms with Gasteiger partial charge in [-0.25, -0.2) is 4.79 Å². The van der Waals surface area contributed by atoms with Gasteiger partial charge in [0.05, 0.1) is 0 Å². The average Bonchev–Trinajstić information content (AvgIpc) is 2.46. The van der Waals surface area contributed by atoms with E-state index in [9.17, 15) is 9.90 Å². The van der Waals surface area contributed by atoms with Crippen molar-refractivity contribution in [2.24, 2.45) is 0 Å². The van der Waals surface area contributed by atoms with Gasteiger partial charge >= 0.3 is 5.63 Å². The van der Waals surface area contributed by atoms with E-state index in [1.54, 1.807) is 0 Å². The van der Waals surface area contributed by atoms with Crippen LogP contribution < -0.4 is 10.5 Å². The fourth-order valence-electron chi connectivity index (χ4n) is 2.52. The maximum Gasteiger partial charge on any atom is 0.336 e. The summed E-state index contributed by atoms with van der Waals surface area (Å²) in [5.74, 6) is 0.0962. The molecule has 0 atom stereocenters. The molecule has 0 aliphatic carbocycles. The Kier molecular flexibility index (Phi) is 3.37. The summed E-state index contributed by atoms with van der Waals surface area (Å²) in [6.07, 6.45) is 0. The maximum absolute atomic E-state index is 11.4. The molecule has 4 nitrogen and oxygen atoms in total. The van der Waals surface area contributed by atoms with Crippen LogP contribution >= 0.6 is 0 Å². The molecule has 0 unspecified atom stereocenters. The van der Waals surface area contributed by atoms with Crippen LogP contribution in [0.4, 0.5) is 5.69 Å². The highest BCUT2D eigenvalue weighted by Crippen LogP contribution is 2.34. The van der Waals surface area contributed by atoms with Crippen molar-refractivity contribution in [3.05, 3.63) is 58.4 Å². The Bertz CT molecular complexity index is 893. The Morgan fingerprint density at radius 2 is 1.73 bits per heavy atom. The second kappa shape index (κ2) is 5.22. The molecule has 1 aromatic heterocycles. The van der Waals surface area contributed by atoms with E-state index in [0.717, 1.165) is 27.8 Å². The van der Waals surface area contributed by atoms with Gasteiger partial charge in [0.25, 0.3) is 0 Å². The van der Waals surface area contributed by atoms with E-state index in [-0.39, 0.29) is 5.75 Å². The standard InChI is InChI=1S/C18H17NO3/c1-11-8-18(21)22-17-10-16(20)15(9-14(11)17)12-4-6-13(7-5-12)19(2)3/h4-10,20H,1-3H3. The molecule has 0 aliphatic heterocycles. The summed E-state index contributed by atoms with van der Waals surface area (Å²) in [7, 11) is 3.96. The predicted molar refractivity (Wildman–Crippen MR) is 88.6 cm³/mol. The fraction of sp³-hybridized carbons (Fsp3) is 0.167. The molecule has 2 aromatic carbocycles. The van der Waals surface area contributed by atoms with E-state index in [1.807, 2.05) is 56.3 Å². The van der Waals surface area contributed by atoms with E-state index in [2.05, 4.69) is 0 Å². The number of anilines is 1. The quantitative estimate of drug-likeness (QED) is 0.735. The third-order valence-corrected chi connectivity index (χ3v) is 3.76. The van der Waals surface area contributed by atoms with Crippen molar-refractivity contribution in [3.8, 4) is 16.9 Å². The molecule has 0 bridgehead atoms. The van der Waals surface area contributed by atoms with Gasteiger partial charge in [0.1, 0.15) is 11.3 Å². The molecule has 1 N–H and O–H groups in total. The molecule has 3 rings (SSSR count). The smallest absolute Gasteiger partial charge is 0.336 e. The van der Waals surface area contributed by atoms with Crippen molar-refractivity contribution in [1.82, 2.24) is 0 Å². The lowest BCUT2D eigenvalue weighted by atomic mass is 10.0. The van der Waals surface area contributed by atoms with Crippen molar-refractivity contribution in [1.29, 1.82) is 0 Å². The first-order valence-electron chi connectivity index (χ1n) is 7.01. The van der Waals surface area contributed by atoms with Gasteiger partial charge in [0, 0.05) is 42.9 Å². The Labute approximate surface area is 128 Å². The van der Waals surface area contributed by atoms with E-state index in [0.29, 0.717) is 5.58 Å². The minimum atomic E-state index is -0.410. The number of phenolic OH excluding ortho intramolecular Hbond substituents is 1. The van der Waals surface area contributed by atoms with Crippen molar-refractivity contribution < 1.29 is 9.52 Å². The number of aryl methyl sites for hydroxylation is 1. The lowest BCUT2D eigenvalue weighted by molar-refractivity contribution is 0.475. The highest BCUT2D eigenvalue weighted by atomic mass is 16.4. The lowest BCUT2D eigenvalue weighted by Crippen LogP contribution is -2.07. The second-order valence-electron chi connectivity index (χ2n) is 5.56. The highest BCUT2D eigenvalue weighted by Gasteiger charge is 2.10. The van der Waals surface area contributed by atoms with E-state index in [4.69, 9.17) is 4.42 Å². The number of rotatable bonds is 2. The lowest BCUT2D eigenvalue weighted by Gasteiger charge is -2.13. The molecule has 0 saturated heterocycles. The molecule has 0 fully saturated rings. The first-order chi connectivity index (χ1) is 10.5. The van der Waals surface area contributed by atoms with Gasteiger partial charge in [-0.05, 0) is 36.2 Å². The molecule has 0 spiro atoms. The molecule has 1 heterocycles. The molecule has 3 aromatic rings. The van der Waals surface area contributed by atoms with Gasteiger partial charge in [0.2, 0.25) is 0 Å². The molecular formula is C18H17NO3. The summed E-state index contributed by atoms with van der Waals surface area (Å²) >= 11 is 0. The van der Waals surface area contributed by atoms with Crippen molar-refractivity contribution in [2.45, 2.75) is 6.92 Å². The van der Waals surface area contributed by atoms with Crippen LogP contribution in [-0.4, -0.2) is 19.2 Å². The zero-order chi connectivity index (χ0) is 15.9. The van der Waals surface area contributed by atoms with E-state index >= 15 is 0 Å². The first kappa shape index (κ1) is 14.2. The summed E-state index contributed by atoms with van der Waals surface area (Å²) in [6.45, 7) is 1.86. The van der Waals surface area contributed by atoms with Crippen molar-refractivity contribution in [3.63, 3.8) is 0 Å². The van der Waals surface area contributed by atoms with Crippen LogP contribution in [0.15, 0.2) is 51.7 Å². The minimum absolute atomic E-state index is 0.0962. The zero-order valence-corrected chi connectivity index (χ0v) is 12.8. The van der Waals surface area contributed by atoms with Crippen LogP contribution in [0.5, 0.6) is 5.75 Å². The predicted octanol–water partition coefficient (Wildman–Crippen LogP) is 3.54. The number of hydrogen-bond donors (Lipinski definition) is 1. The molecule has 22 heavy (non-hydrogen) atoms. The fourth-order valence-corrected chi connectivity index (χ4v) is 2.52. The minimum Gasteiger partial charge on any atom is -0.507 e. The van der Waals surface area contributed by atoms with Crippen LogP contribution in [0.1, 0.15) is 5.56 Å². The maximum atomic E-state index is 11.4. The molecule has 4 heteroatoms. The Morgan fingerprint density at radius 1 is 1.05 bits per heavy atom. The Hall–Kier alpha value is -2.75. The number of fused-ring (bicyclic) bond motifs is 1. The van der Waals surface area contributed by atoms with Crippen LogP contribution in [0.25, 0.3) is 22.1 Å². The zero-order valence-electron chi connectivity index (χ0n) is 12.8. The number of phenols is 1. The van der Waals surface area contributed by atoms with Gasteiger partial charge < -0.3 is 14.4 Å². The molecular weight excluding hydrogens is 278 g/mol. The van der Waals surface area contributed by atoms with Crippen LogP contribution in [-0.2, 0) is 0 Å². The molecule has 0 amide bonds. The topological polar surface area (TPSA) is 53.7 Å². The third-order valence-electron chi connectivity index (χ3n) is 3.76. The third kappa shape index (κ3) is 2.44. The van der Waals surface area contributed by atoms with E-state index in [1.165, 1.54) is 12.1 Å². The first-order valence-corrected chi connectivity index (χ1v) is 7.01. The summed E-state index contributed by atoms with van der Waals surface area (Å²) in [5.41, 5.74) is 3.54. The van der Waals surface area contributed by atoms with Gasteiger partial charge in [-0.15, -0.1) is 0 Å². The molecule has 0 saturated carbocycles. The van der Waals surface area contributed by atoms with Crippen LogP contribution in [0, 0.1) is 6.92 Å². The van der Waals surface area contributed by atoms with E-state index < -0.39 is 5.63 Å². The Morgan fingerprint density at radius 3 is 2.36 bits per heavy atom. The van der Waals surface area contributed by atoms with Crippen LogP contribution in [0.2, 0.25) is 0 Å². The van der Waals surface area contributed by atoms with Crippen molar-refractivity contribution in [2.75, 3.05) is 19.0 Å². The number of aromatic hydroxyl groups is 1. The summed E-state index contributed by atoms with van der Waals surface area (Å²) in [4.78, 5) is 13.4. The number of hydrogen-bond acceptors (Lipinski definition) is 4. The monoisotopic (exact) mass is 295 g/mol. The van der Waals surface area contributed by atoms with Gasteiger partial charge in [0.15, 0.2) is 0 Å². The Balaban J connectivity index is 2.18. The molecule has 0 aliphatic rings. The number of benzene rings is 2. The molecule has 112 valence electrons. The van der Waals surface area contributed by atoms with Crippen LogP contribution in [0.3, 0.4) is 0 Å². The SMILES string of the molecule is Cc1cc(=O)oc2cc(O)c(-c3ccc(N(C)C)cc3)cc12. The molecule has 0 radical (unpaired) electrons. The van der Waals surface area contributed by atoms with Gasteiger partial charge in [-0.2, -0.15) is 0 Å². The number of nitrogens with zero attached hydrogens (tertiary/aromatic N) is 1. The van der Waals surface area contributed by atoms with Gasteiger partial charge in [-0.3, -0.25) is 0 Å². The van der Waals surface area contributed by atoms with Gasteiger partial charge in [-0.1, -0.05) is 12.1 Å². The summed E-state index contributed by atoms with van der Waals surface area (Å²) < 4.78 is 5.14. The summed E-state index contributed by atoms with van der Waals surface area (Å²) in [5, 5.41) is 11.1. The average molecular weight is 295 g/mol. The largest absolute Gasteiger partial charge is 0.507 e. The second-order valence-corrected chi connectivity index (χ2v) is 5.56. The summed E-state index contributed by atoms with van der Waals surface area (Å²) in [6, 6.07) is 12.7. The normalized spacial score (nSPS) is 10.9. The highest BCUT2D eigenvalue weighted by molar-refractivity contribution is 5.89.